The van der Waals surface area contributed by atoms with E-state index >= 15 is 0 Å². The fourth-order valence-electron chi connectivity index (χ4n) is 3.36. The predicted molar refractivity (Wildman–Crippen MR) is 97.8 cm³/mol. The normalized spacial score (nSPS) is 21.4. The number of fused-ring (bicyclic) bond motifs is 1. The first kappa shape index (κ1) is 17.5. The van der Waals surface area contributed by atoms with Crippen LogP contribution in [-0.4, -0.2) is 53.7 Å². The number of hydrogen-bond donors (Lipinski definition) is 1. The van der Waals surface area contributed by atoms with Gasteiger partial charge in [0, 0.05) is 43.1 Å². The van der Waals surface area contributed by atoms with Crippen LogP contribution in [0.4, 0.5) is 4.79 Å². The van der Waals surface area contributed by atoms with E-state index in [1.54, 1.807) is 11.3 Å². The Morgan fingerprint density at radius 2 is 2.12 bits per heavy atom. The van der Waals surface area contributed by atoms with Gasteiger partial charge in [-0.2, -0.15) is 0 Å². The van der Waals surface area contributed by atoms with Gasteiger partial charge in [-0.3, -0.25) is 4.90 Å². The molecule has 0 saturated carbocycles. The molecule has 1 aromatic heterocycles. The molecular formula is C18H29N3O2S. The molecule has 3 heterocycles. The second-order valence-corrected chi connectivity index (χ2v) is 8.51. The lowest BCUT2D eigenvalue weighted by atomic mass is 10.1. The van der Waals surface area contributed by atoms with Gasteiger partial charge < -0.3 is 15.0 Å². The number of urea groups is 1. The smallest absolute Gasteiger partial charge is 0.317 e. The predicted octanol–water partition coefficient (Wildman–Crippen LogP) is 3.09. The molecule has 0 spiro atoms. The summed E-state index contributed by atoms with van der Waals surface area (Å²) >= 11 is 1.76. The second kappa shape index (κ2) is 7.31. The fraction of sp³-hybridized carbons (Fsp3) is 0.722. The number of hydrogen-bond acceptors (Lipinski definition) is 4. The highest BCUT2D eigenvalue weighted by molar-refractivity contribution is 7.14. The van der Waals surface area contributed by atoms with Gasteiger partial charge in [0.1, 0.15) is 6.10 Å². The summed E-state index contributed by atoms with van der Waals surface area (Å²) in [6, 6.07) is 2.94. The van der Waals surface area contributed by atoms with E-state index in [2.05, 4.69) is 30.1 Å². The molecule has 0 aromatic carbocycles. The zero-order valence-electron chi connectivity index (χ0n) is 15.2. The van der Waals surface area contributed by atoms with Crippen LogP contribution >= 0.6 is 11.3 Å². The summed E-state index contributed by atoms with van der Waals surface area (Å²) in [5, 5.41) is 3.99. The van der Waals surface area contributed by atoms with E-state index in [9.17, 15) is 4.79 Å². The van der Waals surface area contributed by atoms with Gasteiger partial charge in [-0.15, -0.1) is 11.3 Å². The SMILES string of the molecule is CC(C)NC(=O)N1CCc2sc(OC3CCN(C(C)C)C3)cc2C1. The van der Waals surface area contributed by atoms with Crippen LogP contribution in [0.3, 0.4) is 0 Å². The van der Waals surface area contributed by atoms with Gasteiger partial charge in [0.2, 0.25) is 0 Å². The molecule has 0 aliphatic carbocycles. The molecule has 2 aliphatic rings. The van der Waals surface area contributed by atoms with Crippen LogP contribution in [0, 0.1) is 0 Å². The van der Waals surface area contributed by atoms with Crippen LogP contribution in [0.1, 0.15) is 44.6 Å². The lowest BCUT2D eigenvalue weighted by molar-refractivity contribution is 0.188. The molecule has 134 valence electrons. The van der Waals surface area contributed by atoms with Crippen LogP contribution in [0.5, 0.6) is 5.06 Å². The van der Waals surface area contributed by atoms with Crippen molar-refractivity contribution in [2.45, 2.75) is 65.3 Å². The van der Waals surface area contributed by atoms with E-state index in [0.29, 0.717) is 18.7 Å². The Balaban J connectivity index is 1.58. The quantitative estimate of drug-likeness (QED) is 0.907. The van der Waals surface area contributed by atoms with E-state index in [1.165, 1.54) is 10.4 Å². The van der Waals surface area contributed by atoms with Crippen LogP contribution in [-0.2, 0) is 13.0 Å². The maximum Gasteiger partial charge on any atom is 0.317 e. The van der Waals surface area contributed by atoms with Crippen LogP contribution in [0.2, 0.25) is 0 Å². The summed E-state index contributed by atoms with van der Waals surface area (Å²) in [6.45, 7) is 12.1. The standard InChI is InChI=1S/C18H29N3O2S/c1-12(2)19-18(22)21-8-6-16-14(10-21)9-17(24-16)23-15-5-7-20(11-15)13(3)4/h9,12-13,15H,5-8,10-11H2,1-4H3,(H,19,22). The molecule has 6 heteroatoms. The Hall–Kier alpha value is -1.27. The third kappa shape index (κ3) is 4.03. The van der Waals surface area contributed by atoms with E-state index in [-0.39, 0.29) is 12.1 Å². The summed E-state index contributed by atoms with van der Waals surface area (Å²) < 4.78 is 6.23. The average molecular weight is 352 g/mol. The molecule has 1 N–H and O–H groups in total. The summed E-state index contributed by atoms with van der Waals surface area (Å²) in [5.41, 5.74) is 1.25. The third-order valence-electron chi connectivity index (χ3n) is 4.73. The van der Waals surface area contributed by atoms with Crippen molar-refractivity contribution in [3.8, 4) is 5.06 Å². The van der Waals surface area contributed by atoms with Crippen molar-refractivity contribution in [2.75, 3.05) is 19.6 Å². The molecule has 1 aromatic rings. The number of nitrogens with zero attached hydrogens (tertiary/aromatic N) is 2. The first-order valence-electron chi connectivity index (χ1n) is 9.00. The van der Waals surface area contributed by atoms with Gasteiger partial charge in [-0.25, -0.2) is 4.79 Å². The second-order valence-electron chi connectivity index (χ2n) is 7.41. The Kier molecular flexibility index (Phi) is 5.35. The monoisotopic (exact) mass is 351 g/mol. The molecule has 2 amide bonds. The van der Waals surface area contributed by atoms with Crippen molar-refractivity contribution in [1.82, 2.24) is 15.1 Å². The number of thiophene rings is 1. The number of carbonyl (C=O) groups excluding carboxylic acids is 1. The first-order chi connectivity index (χ1) is 11.4. The number of likely N-dealkylation sites (tertiary alicyclic amines) is 1. The molecule has 2 aliphatic heterocycles. The number of carbonyl (C=O) groups is 1. The molecule has 1 saturated heterocycles. The van der Waals surface area contributed by atoms with Crippen molar-refractivity contribution in [1.29, 1.82) is 0 Å². The van der Waals surface area contributed by atoms with E-state index in [0.717, 1.165) is 37.5 Å². The van der Waals surface area contributed by atoms with Crippen molar-refractivity contribution in [2.24, 2.45) is 0 Å². The van der Waals surface area contributed by atoms with Gasteiger partial charge in [0.05, 0.1) is 0 Å². The Bertz CT molecular complexity index is 585. The lowest BCUT2D eigenvalue weighted by Crippen LogP contribution is -2.44. The van der Waals surface area contributed by atoms with Crippen molar-refractivity contribution in [3.63, 3.8) is 0 Å². The maximum atomic E-state index is 12.2. The highest BCUT2D eigenvalue weighted by atomic mass is 32.1. The molecule has 3 rings (SSSR count). The Morgan fingerprint density at radius 1 is 1.33 bits per heavy atom. The fourth-order valence-corrected chi connectivity index (χ4v) is 4.44. The molecule has 24 heavy (non-hydrogen) atoms. The Morgan fingerprint density at radius 3 is 2.79 bits per heavy atom. The highest BCUT2D eigenvalue weighted by Crippen LogP contribution is 2.34. The minimum absolute atomic E-state index is 0.0349. The summed E-state index contributed by atoms with van der Waals surface area (Å²) in [6.07, 6.45) is 2.33. The van der Waals surface area contributed by atoms with Crippen LogP contribution in [0.15, 0.2) is 6.07 Å². The van der Waals surface area contributed by atoms with E-state index in [1.807, 2.05) is 18.7 Å². The highest BCUT2D eigenvalue weighted by Gasteiger charge is 2.28. The minimum atomic E-state index is 0.0349. The molecule has 0 radical (unpaired) electrons. The number of ether oxygens (including phenoxy) is 1. The zero-order valence-corrected chi connectivity index (χ0v) is 16.0. The van der Waals surface area contributed by atoms with Crippen LogP contribution in [0.25, 0.3) is 0 Å². The van der Waals surface area contributed by atoms with E-state index in [4.69, 9.17) is 4.74 Å². The summed E-state index contributed by atoms with van der Waals surface area (Å²) in [5.74, 6) is 0. The first-order valence-corrected chi connectivity index (χ1v) is 9.81. The molecule has 5 nitrogen and oxygen atoms in total. The summed E-state index contributed by atoms with van der Waals surface area (Å²) in [4.78, 5) is 17.9. The van der Waals surface area contributed by atoms with Crippen molar-refractivity contribution < 1.29 is 9.53 Å². The van der Waals surface area contributed by atoms with E-state index < -0.39 is 0 Å². The van der Waals surface area contributed by atoms with Crippen molar-refractivity contribution in [3.05, 3.63) is 16.5 Å². The largest absolute Gasteiger partial charge is 0.479 e. The molecule has 1 fully saturated rings. The van der Waals surface area contributed by atoms with Crippen molar-refractivity contribution >= 4 is 17.4 Å². The molecule has 0 bridgehead atoms. The number of amides is 2. The van der Waals surface area contributed by atoms with Gasteiger partial charge in [-0.1, -0.05) is 0 Å². The molecule has 1 atom stereocenters. The Labute approximate surface area is 149 Å². The average Bonchev–Trinajstić information content (AvgIpc) is 3.12. The summed E-state index contributed by atoms with van der Waals surface area (Å²) in [7, 11) is 0. The molecular weight excluding hydrogens is 322 g/mol. The van der Waals surface area contributed by atoms with Gasteiger partial charge >= 0.3 is 6.03 Å². The number of nitrogens with one attached hydrogen (secondary N) is 1. The lowest BCUT2D eigenvalue weighted by Gasteiger charge is -2.27. The van der Waals surface area contributed by atoms with Gasteiger partial charge in [-0.05, 0) is 52.2 Å². The van der Waals surface area contributed by atoms with Gasteiger partial charge in [0.25, 0.3) is 0 Å². The maximum absolute atomic E-state index is 12.2. The van der Waals surface area contributed by atoms with Crippen LogP contribution < -0.4 is 10.1 Å². The third-order valence-corrected chi connectivity index (χ3v) is 5.86. The topological polar surface area (TPSA) is 44.8 Å². The van der Waals surface area contributed by atoms with Gasteiger partial charge in [0.15, 0.2) is 5.06 Å². The zero-order chi connectivity index (χ0) is 17.3. The minimum Gasteiger partial charge on any atom is -0.479 e. The number of rotatable bonds is 4. The molecule has 1 unspecified atom stereocenters.